The van der Waals surface area contributed by atoms with Gasteiger partial charge in [0.25, 0.3) is 0 Å². The van der Waals surface area contributed by atoms with Crippen LogP contribution in [-0.2, 0) is 26.1 Å². The van der Waals surface area contributed by atoms with E-state index in [-0.39, 0.29) is 0 Å². The minimum atomic E-state index is 0.750. The lowest BCUT2D eigenvalue weighted by atomic mass is 9.99. The summed E-state index contributed by atoms with van der Waals surface area (Å²) >= 11 is 0. The Kier molecular flexibility index (Phi) is 3.09. The van der Waals surface area contributed by atoms with Crippen molar-refractivity contribution in [1.29, 1.82) is 0 Å². The summed E-state index contributed by atoms with van der Waals surface area (Å²) in [5, 5.41) is 10.3. The lowest BCUT2D eigenvalue weighted by Gasteiger charge is -2.31. The van der Waals surface area contributed by atoms with Crippen LogP contribution in [0.1, 0.15) is 22.4 Å². The Labute approximate surface area is 140 Å². The van der Waals surface area contributed by atoms with Crippen LogP contribution in [0.15, 0.2) is 36.7 Å². The number of nitrogens with one attached hydrogen (secondary N) is 2. The van der Waals surface area contributed by atoms with Gasteiger partial charge in [0, 0.05) is 37.9 Å². The van der Waals surface area contributed by atoms with Crippen molar-refractivity contribution in [3.05, 3.63) is 59.0 Å². The number of benzene rings is 1. The molecule has 2 aliphatic heterocycles. The molecule has 0 amide bonds. The molecule has 0 saturated heterocycles. The van der Waals surface area contributed by atoms with Gasteiger partial charge >= 0.3 is 0 Å². The molecule has 3 aromatic rings. The van der Waals surface area contributed by atoms with Crippen LogP contribution >= 0.6 is 0 Å². The zero-order valence-corrected chi connectivity index (χ0v) is 13.3. The topological polar surface area (TPSA) is 69.7 Å². The van der Waals surface area contributed by atoms with Crippen molar-refractivity contribution in [2.45, 2.75) is 26.1 Å². The second kappa shape index (κ2) is 5.42. The van der Waals surface area contributed by atoms with Crippen LogP contribution in [0.3, 0.4) is 0 Å². The van der Waals surface area contributed by atoms with Crippen LogP contribution < -0.4 is 10.2 Å². The van der Waals surface area contributed by atoms with Crippen molar-refractivity contribution in [3.8, 4) is 11.4 Å². The van der Waals surface area contributed by atoms with Crippen LogP contribution in [0.4, 0.5) is 5.82 Å². The Morgan fingerprint density at radius 3 is 2.83 bits per heavy atom. The van der Waals surface area contributed by atoms with Crippen molar-refractivity contribution in [1.82, 2.24) is 25.5 Å². The molecule has 0 bridgehead atoms. The fourth-order valence-electron chi connectivity index (χ4n) is 3.59. The predicted octanol–water partition coefficient (Wildman–Crippen LogP) is 2.03. The summed E-state index contributed by atoms with van der Waals surface area (Å²) in [6.45, 7) is 3.55. The van der Waals surface area contributed by atoms with Crippen LogP contribution in [0, 0.1) is 0 Å². The van der Waals surface area contributed by atoms with E-state index >= 15 is 0 Å². The average molecular weight is 318 g/mol. The molecular formula is C18H18N6. The number of H-pyrrole nitrogens is 1. The molecule has 0 radical (unpaired) electrons. The average Bonchev–Trinajstić information content (AvgIpc) is 3.31. The summed E-state index contributed by atoms with van der Waals surface area (Å²) in [4.78, 5) is 12.0. The number of fused-ring (bicyclic) bond motifs is 2. The number of hydrogen-bond acceptors (Lipinski definition) is 5. The third-order valence-electron chi connectivity index (χ3n) is 4.85. The number of nitrogens with zero attached hydrogens (tertiary/aromatic N) is 4. The highest BCUT2D eigenvalue weighted by Crippen LogP contribution is 2.31. The van der Waals surface area contributed by atoms with Gasteiger partial charge in [0.2, 0.25) is 0 Å². The maximum atomic E-state index is 4.90. The van der Waals surface area contributed by atoms with Crippen LogP contribution in [-0.4, -0.2) is 26.7 Å². The van der Waals surface area contributed by atoms with Crippen molar-refractivity contribution in [3.63, 3.8) is 0 Å². The summed E-state index contributed by atoms with van der Waals surface area (Å²) in [5.41, 5.74) is 6.12. The first-order valence-electron chi connectivity index (χ1n) is 8.30. The van der Waals surface area contributed by atoms with Gasteiger partial charge in [-0.3, -0.25) is 5.10 Å². The number of aromatic amines is 1. The second-order valence-electron chi connectivity index (χ2n) is 6.33. The second-order valence-corrected chi connectivity index (χ2v) is 6.33. The molecule has 2 N–H and O–H groups in total. The van der Waals surface area contributed by atoms with Crippen LogP contribution in [0.2, 0.25) is 0 Å². The van der Waals surface area contributed by atoms with Crippen LogP contribution in [0.25, 0.3) is 11.4 Å². The Morgan fingerprint density at radius 2 is 1.96 bits per heavy atom. The molecule has 2 aliphatic rings. The molecule has 0 saturated carbocycles. The molecule has 2 aromatic heterocycles. The minimum Gasteiger partial charge on any atom is -0.352 e. The Balaban J connectivity index is 1.58. The predicted molar refractivity (Wildman–Crippen MR) is 91.4 cm³/mol. The summed E-state index contributed by atoms with van der Waals surface area (Å²) in [6, 6.07) is 8.69. The van der Waals surface area contributed by atoms with E-state index in [1.807, 2.05) is 6.20 Å². The molecule has 6 nitrogen and oxygen atoms in total. The maximum Gasteiger partial charge on any atom is 0.165 e. The number of rotatable bonds is 2. The first-order valence-corrected chi connectivity index (χ1v) is 8.30. The van der Waals surface area contributed by atoms with Gasteiger partial charge in [-0.15, -0.1) is 0 Å². The molecule has 24 heavy (non-hydrogen) atoms. The molecule has 1 aromatic carbocycles. The highest BCUT2D eigenvalue weighted by Gasteiger charge is 2.25. The lowest BCUT2D eigenvalue weighted by Crippen LogP contribution is -2.32. The van der Waals surface area contributed by atoms with Crippen LogP contribution in [0.5, 0.6) is 0 Å². The van der Waals surface area contributed by atoms with Crippen molar-refractivity contribution >= 4 is 5.82 Å². The molecule has 120 valence electrons. The number of anilines is 1. The van der Waals surface area contributed by atoms with E-state index in [9.17, 15) is 0 Å². The van der Waals surface area contributed by atoms with Gasteiger partial charge in [-0.2, -0.15) is 5.10 Å². The van der Waals surface area contributed by atoms with Gasteiger partial charge < -0.3 is 10.2 Å². The van der Waals surface area contributed by atoms with Crippen molar-refractivity contribution in [2.24, 2.45) is 0 Å². The highest BCUT2D eigenvalue weighted by molar-refractivity contribution is 5.60. The normalized spacial score (nSPS) is 16.1. The molecule has 0 aliphatic carbocycles. The van der Waals surface area contributed by atoms with Gasteiger partial charge in [-0.1, -0.05) is 24.3 Å². The maximum absolute atomic E-state index is 4.90. The standard InChI is InChI=1S/C18H18N6/c1-2-4-13-11-24(6-5-12(13)3-1)18-15-9-19-10-16(15)22-17(23-18)14-7-20-21-8-14/h1-4,7-8,19H,5-6,9-11H2,(H,20,21). The SMILES string of the molecule is c1ccc2c(c1)CCN(c1nc(-c3cn[nH]c3)nc3c1CNC3)C2. The fraction of sp³-hybridized carbons (Fsp3) is 0.278. The third-order valence-corrected chi connectivity index (χ3v) is 4.85. The van der Waals surface area contributed by atoms with Gasteiger partial charge in [0.1, 0.15) is 5.82 Å². The summed E-state index contributed by atoms with van der Waals surface area (Å²) in [7, 11) is 0. The fourth-order valence-corrected chi connectivity index (χ4v) is 3.59. The highest BCUT2D eigenvalue weighted by atomic mass is 15.2. The van der Waals surface area contributed by atoms with Crippen molar-refractivity contribution < 1.29 is 0 Å². The monoisotopic (exact) mass is 318 g/mol. The Hall–Kier alpha value is -2.73. The first kappa shape index (κ1) is 13.7. The Morgan fingerprint density at radius 1 is 1.04 bits per heavy atom. The summed E-state index contributed by atoms with van der Waals surface area (Å²) in [6.07, 6.45) is 4.68. The van der Waals surface area contributed by atoms with E-state index in [1.54, 1.807) is 6.20 Å². The van der Waals surface area contributed by atoms with E-state index in [0.29, 0.717) is 0 Å². The van der Waals surface area contributed by atoms with E-state index in [0.717, 1.165) is 55.5 Å². The molecule has 0 fully saturated rings. The quantitative estimate of drug-likeness (QED) is 0.757. The lowest BCUT2D eigenvalue weighted by molar-refractivity contribution is 0.711. The first-order chi connectivity index (χ1) is 11.9. The molecule has 5 rings (SSSR count). The number of hydrogen-bond donors (Lipinski definition) is 2. The minimum absolute atomic E-state index is 0.750. The smallest absolute Gasteiger partial charge is 0.165 e. The molecular weight excluding hydrogens is 300 g/mol. The van der Waals surface area contributed by atoms with Gasteiger partial charge in [-0.25, -0.2) is 9.97 Å². The van der Waals surface area contributed by atoms with E-state index in [4.69, 9.17) is 9.97 Å². The van der Waals surface area contributed by atoms with Gasteiger partial charge in [0.05, 0.1) is 17.5 Å². The van der Waals surface area contributed by atoms with E-state index in [2.05, 4.69) is 44.7 Å². The number of aromatic nitrogens is 4. The summed E-state index contributed by atoms with van der Waals surface area (Å²) in [5.74, 6) is 1.82. The van der Waals surface area contributed by atoms with Gasteiger partial charge in [0.15, 0.2) is 5.82 Å². The molecule has 0 atom stereocenters. The molecule has 4 heterocycles. The molecule has 0 spiro atoms. The van der Waals surface area contributed by atoms with Crippen molar-refractivity contribution in [2.75, 3.05) is 11.4 Å². The Bertz CT molecular complexity index is 887. The zero-order valence-electron chi connectivity index (χ0n) is 13.3. The van der Waals surface area contributed by atoms with E-state index in [1.165, 1.54) is 16.7 Å². The largest absolute Gasteiger partial charge is 0.352 e. The third kappa shape index (κ3) is 2.18. The van der Waals surface area contributed by atoms with E-state index < -0.39 is 0 Å². The van der Waals surface area contributed by atoms with Gasteiger partial charge in [-0.05, 0) is 17.5 Å². The molecule has 0 unspecified atom stereocenters. The molecule has 6 heteroatoms. The summed E-state index contributed by atoms with van der Waals surface area (Å²) < 4.78 is 0. The zero-order chi connectivity index (χ0) is 15.9.